The van der Waals surface area contributed by atoms with Gasteiger partial charge in [-0.2, -0.15) is 0 Å². The van der Waals surface area contributed by atoms with E-state index in [2.05, 4.69) is 30.3 Å². The zero-order valence-electron chi connectivity index (χ0n) is 15.3. The second-order valence-corrected chi connectivity index (χ2v) is 7.60. The van der Waals surface area contributed by atoms with Crippen LogP contribution < -0.4 is 0 Å². The molecule has 0 atom stereocenters. The lowest BCUT2D eigenvalue weighted by molar-refractivity contribution is -0.0509. The molecule has 138 valence electrons. The Bertz CT molecular complexity index is 699. The van der Waals surface area contributed by atoms with Crippen LogP contribution in [0.1, 0.15) is 50.0 Å². The first-order valence-corrected chi connectivity index (χ1v) is 9.91. The molecule has 1 saturated carbocycles. The molecule has 0 unspecified atom stereocenters. The largest absolute Gasteiger partial charge is 0.508 e. The average Bonchev–Trinajstić information content (AvgIpc) is 3.21. The normalized spacial score (nSPS) is 24.0. The fourth-order valence-electron chi connectivity index (χ4n) is 4.48. The molecular formula is C23H28O3. The predicted molar refractivity (Wildman–Crippen MR) is 103 cm³/mol. The quantitative estimate of drug-likeness (QED) is 0.774. The van der Waals surface area contributed by atoms with Crippen LogP contribution in [0, 0.1) is 5.92 Å². The third-order valence-electron chi connectivity index (χ3n) is 5.91. The first-order valence-electron chi connectivity index (χ1n) is 9.91. The molecule has 3 nitrogen and oxygen atoms in total. The molecule has 1 heterocycles. The minimum Gasteiger partial charge on any atom is -0.508 e. The Labute approximate surface area is 156 Å². The first kappa shape index (κ1) is 17.6. The zero-order valence-corrected chi connectivity index (χ0v) is 15.3. The topological polar surface area (TPSA) is 38.7 Å². The van der Waals surface area contributed by atoms with Gasteiger partial charge in [-0.1, -0.05) is 36.4 Å². The van der Waals surface area contributed by atoms with Gasteiger partial charge >= 0.3 is 0 Å². The van der Waals surface area contributed by atoms with E-state index in [0.29, 0.717) is 11.7 Å². The van der Waals surface area contributed by atoms with Gasteiger partial charge in [-0.15, -0.1) is 0 Å². The van der Waals surface area contributed by atoms with Crippen molar-refractivity contribution in [3.05, 3.63) is 54.1 Å². The van der Waals surface area contributed by atoms with Crippen LogP contribution in [-0.2, 0) is 9.47 Å². The van der Waals surface area contributed by atoms with E-state index in [0.717, 1.165) is 25.6 Å². The van der Waals surface area contributed by atoms with Crippen LogP contribution in [0.15, 0.2) is 48.5 Å². The lowest BCUT2D eigenvalue weighted by Crippen LogP contribution is -2.16. The Kier molecular flexibility index (Phi) is 5.57. The number of ether oxygens (including phenoxy) is 2. The standard InChI is InChI=1S/C23H28O3/c24-20-11-12-21(18-4-2-1-3-5-18)22(16-20)19-9-6-17(7-10-19)8-13-23-25-14-15-26-23/h1-5,11-12,16-17,19,23-24H,6-10,13-15H2. The van der Waals surface area contributed by atoms with Gasteiger partial charge in [0.25, 0.3) is 0 Å². The maximum Gasteiger partial charge on any atom is 0.157 e. The first-order chi connectivity index (χ1) is 12.8. The van der Waals surface area contributed by atoms with E-state index in [1.165, 1.54) is 48.8 Å². The van der Waals surface area contributed by atoms with Gasteiger partial charge in [0.15, 0.2) is 6.29 Å². The van der Waals surface area contributed by atoms with Gasteiger partial charge in [-0.25, -0.2) is 0 Å². The fourth-order valence-corrected chi connectivity index (χ4v) is 4.48. The summed E-state index contributed by atoms with van der Waals surface area (Å²) in [5, 5.41) is 10.0. The third-order valence-corrected chi connectivity index (χ3v) is 5.91. The van der Waals surface area contributed by atoms with E-state index in [4.69, 9.17) is 9.47 Å². The second kappa shape index (κ2) is 8.24. The fraction of sp³-hybridized carbons (Fsp3) is 0.478. The molecule has 1 aliphatic heterocycles. The van der Waals surface area contributed by atoms with Crippen LogP contribution in [-0.4, -0.2) is 24.6 Å². The van der Waals surface area contributed by atoms with Gasteiger partial charge in [0.1, 0.15) is 5.75 Å². The van der Waals surface area contributed by atoms with E-state index in [1.807, 2.05) is 12.1 Å². The van der Waals surface area contributed by atoms with Crippen molar-refractivity contribution in [2.45, 2.75) is 50.7 Å². The van der Waals surface area contributed by atoms with Crippen LogP contribution in [0.3, 0.4) is 0 Å². The molecule has 1 saturated heterocycles. The molecule has 0 amide bonds. The predicted octanol–water partition coefficient (Wildman–Crippen LogP) is 5.49. The molecule has 1 aliphatic carbocycles. The van der Waals surface area contributed by atoms with Gasteiger partial charge in [0.2, 0.25) is 0 Å². The Morgan fingerprint density at radius 2 is 1.58 bits per heavy atom. The molecule has 2 fully saturated rings. The van der Waals surface area contributed by atoms with E-state index < -0.39 is 0 Å². The molecule has 3 heteroatoms. The number of phenols is 1. The number of hydrogen-bond acceptors (Lipinski definition) is 3. The minimum absolute atomic E-state index is 0.0310. The van der Waals surface area contributed by atoms with Crippen LogP contribution in [0.5, 0.6) is 5.75 Å². The maximum absolute atomic E-state index is 10.0. The highest BCUT2D eigenvalue weighted by molar-refractivity contribution is 5.69. The summed E-state index contributed by atoms with van der Waals surface area (Å²) < 4.78 is 11.1. The summed E-state index contributed by atoms with van der Waals surface area (Å²) in [7, 11) is 0. The molecule has 2 aromatic carbocycles. The molecule has 2 aromatic rings. The highest BCUT2D eigenvalue weighted by Gasteiger charge is 2.26. The molecule has 2 aliphatic rings. The summed E-state index contributed by atoms with van der Waals surface area (Å²) in [6.07, 6.45) is 7.14. The number of rotatable bonds is 5. The highest BCUT2D eigenvalue weighted by atomic mass is 16.7. The molecule has 26 heavy (non-hydrogen) atoms. The van der Waals surface area contributed by atoms with Crippen molar-refractivity contribution in [3.8, 4) is 16.9 Å². The van der Waals surface area contributed by atoms with Crippen molar-refractivity contribution in [2.75, 3.05) is 13.2 Å². The maximum atomic E-state index is 10.0. The van der Waals surface area contributed by atoms with Crippen LogP contribution >= 0.6 is 0 Å². The molecule has 0 bridgehead atoms. The number of benzene rings is 2. The van der Waals surface area contributed by atoms with Crippen molar-refractivity contribution in [3.63, 3.8) is 0 Å². The Morgan fingerprint density at radius 1 is 0.846 bits per heavy atom. The molecule has 0 aromatic heterocycles. The Balaban J connectivity index is 1.41. The van der Waals surface area contributed by atoms with Crippen molar-refractivity contribution in [1.29, 1.82) is 0 Å². The van der Waals surface area contributed by atoms with E-state index >= 15 is 0 Å². The van der Waals surface area contributed by atoms with Gasteiger partial charge in [0, 0.05) is 0 Å². The second-order valence-electron chi connectivity index (χ2n) is 7.60. The molecular weight excluding hydrogens is 324 g/mol. The summed E-state index contributed by atoms with van der Waals surface area (Å²) >= 11 is 0. The Hall–Kier alpha value is -1.84. The van der Waals surface area contributed by atoms with E-state index in [1.54, 1.807) is 6.07 Å². The summed E-state index contributed by atoms with van der Waals surface area (Å²) in [6, 6.07) is 16.4. The summed E-state index contributed by atoms with van der Waals surface area (Å²) in [5.74, 6) is 1.68. The summed E-state index contributed by atoms with van der Waals surface area (Å²) in [4.78, 5) is 0. The van der Waals surface area contributed by atoms with Crippen molar-refractivity contribution < 1.29 is 14.6 Å². The van der Waals surface area contributed by atoms with Crippen LogP contribution in [0.4, 0.5) is 0 Å². The number of hydrogen-bond donors (Lipinski definition) is 1. The third kappa shape index (κ3) is 4.11. The monoisotopic (exact) mass is 352 g/mol. The molecule has 4 rings (SSSR count). The summed E-state index contributed by atoms with van der Waals surface area (Å²) in [6.45, 7) is 1.49. The Morgan fingerprint density at radius 3 is 2.31 bits per heavy atom. The number of aromatic hydroxyl groups is 1. The van der Waals surface area contributed by atoms with Gasteiger partial charge in [-0.3, -0.25) is 0 Å². The smallest absolute Gasteiger partial charge is 0.157 e. The number of phenolic OH excluding ortho intramolecular Hbond substituents is 1. The SMILES string of the molecule is Oc1ccc(-c2ccccc2)c(C2CCC(CCC3OCCO3)CC2)c1. The van der Waals surface area contributed by atoms with Gasteiger partial charge in [0.05, 0.1) is 13.2 Å². The summed E-state index contributed by atoms with van der Waals surface area (Å²) in [5.41, 5.74) is 3.80. The lowest BCUT2D eigenvalue weighted by atomic mass is 9.75. The average molecular weight is 352 g/mol. The molecule has 0 spiro atoms. The van der Waals surface area contributed by atoms with Crippen molar-refractivity contribution >= 4 is 0 Å². The molecule has 0 radical (unpaired) electrons. The zero-order chi connectivity index (χ0) is 17.8. The minimum atomic E-state index is 0.0310. The van der Waals surface area contributed by atoms with Gasteiger partial charge < -0.3 is 14.6 Å². The molecule has 1 N–H and O–H groups in total. The van der Waals surface area contributed by atoms with Crippen molar-refractivity contribution in [1.82, 2.24) is 0 Å². The van der Waals surface area contributed by atoms with E-state index in [-0.39, 0.29) is 6.29 Å². The lowest BCUT2D eigenvalue weighted by Gasteiger charge is -2.30. The van der Waals surface area contributed by atoms with Crippen molar-refractivity contribution in [2.24, 2.45) is 5.92 Å². The highest BCUT2D eigenvalue weighted by Crippen LogP contribution is 2.42. The van der Waals surface area contributed by atoms with Crippen LogP contribution in [0.2, 0.25) is 0 Å². The van der Waals surface area contributed by atoms with E-state index in [9.17, 15) is 5.11 Å². The van der Waals surface area contributed by atoms with Crippen LogP contribution in [0.25, 0.3) is 11.1 Å². The van der Waals surface area contributed by atoms with Gasteiger partial charge in [-0.05, 0) is 79.2 Å².